The van der Waals surface area contributed by atoms with E-state index < -0.39 is 11.9 Å². The number of benzene rings is 1. The highest BCUT2D eigenvalue weighted by atomic mass is 32.2. The van der Waals surface area contributed by atoms with Crippen LogP contribution in [0.1, 0.15) is 31.7 Å². The highest BCUT2D eigenvalue weighted by Gasteiger charge is 2.35. The molecule has 0 amide bonds. The molecule has 1 heterocycles. The lowest BCUT2D eigenvalue weighted by Gasteiger charge is -2.29. The zero-order valence-corrected chi connectivity index (χ0v) is 17.0. The van der Waals surface area contributed by atoms with E-state index in [0.29, 0.717) is 21.9 Å². The molecule has 1 N–H and O–H groups in total. The normalized spacial score (nSPS) is 15.8. The lowest BCUT2D eigenvalue weighted by molar-refractivity contribution is -0.140. The lowest BCUT2D eigenvalue weighted by atomic mass is 9.82. The SMILES string of the molecule is CCOC(=O)CSC1=C(C#N)[C@H](c2ccccc2)C(C(=O)OCCC#N)=C(C)N1. The minimum absolute atomic E-state index is 0.0241. The average Bonchev–Trinajstić information content (AvgIpc) is 2.72. The summed E-state index contributed by atoms with van der Waals surface area (Å²) in [7, 11) is 0. The fraction of sp³-hybridized carbons (Fsp3) is 0.333. The van der Waals surface area contributed by atoms with Gasteiger partial charge in [0, 0.05) is 5.70 Å². The molecular weight excluding hydrogens is 390 g/mol. The molecule has 0 fully saturated rings. The molecular formula is C21H21N3O4S. The van der Waals surface area contributed by atoms with Crippen molar-refractivity contribution in [3.05, 3.63) is 57.8 Å². The molecule has 1 aromatic carbocycles. The van der Waals surface area contributed by atoms with Gasteiger partial charge in [0.1, 0.15) is 6.61 Å². The van der Waals surface area contributed by atoms with Crippen LogP contribution in [0.5, 0.6) is 0 Å². The fourth-order valence-electron chi connectivity index (χ4n) is 2.88. The first-order valence-corrected chi connectivity index (χ1v) is 10.0. The molecule has 7 nitrogen and oxygen atoms in total. The van der Waals surface area contributed by atoms with Gasteiger partial charge in [-0.05, 0) is 19.4 Å². The van der Waals surface area contributed by atoms with Crippen molar-refractivity contribution >= 4 is 23.7 Å². The number of esters is 2. The van der Waals surface area contributed by atoms with Crippen LogP contribution < -0.4 is 5.32 Å². The van der Waals surface area contributed by atoms with Crippen LogP contribution in [0.15, 0.2) is 52.2 Å². The molecule has 150 valence electrons. The third kappa shape index (κ3) is 5.63. The standard InChI is InChI=1S/C21H21N3O4S/c1-3-27-17(25)13-29-20-16(12-23)19(15-8-5-4-6-9-15)18(14(2)24-20)21(26)28-11-7-10-22/h4-6,8-9,19,24H,3,7,11,13H2,1-2H3/t19-/m0/s1. The van der Waals surface area contributed by atoms with Gasteiger partial charge >= 0.3 is 11.9 Å². The van der Waals surface area contributed by atoms with E-state index in [1.165, 1.54) is 0 Å². The van der Waals surface area contributed by atoms with E-state index in [4.69, 9.17) is 14.7 Å². The Hall–Kier alpha value is -3.23. The molecule has 0 saturated heterocycles. The molecule has 0 aromatic heterocycles. The van der Waals surface area contributed by atoms with E-state index in [2.05, 4.69) is 11.4 Å². The summed E-state index contributed by atoms with van der Waals surface area (Å²) in [6.45, 7) is 3.70. The van der Waals surface area contributed by atoms with Crippen LogP contribution in [0.3, 0.4) is 0 Å². The summed E-state index contributed by atoms with van der Waals surface area (Å²) >= 11 is 1.16. The first kappa shape index (κ1) is 22.1. The summed E-state index contributed by atoms with van der Waals surface area (Å²) in [5, 5.41) is 22.1. The van der Waals surface area contributed by atoms with Crippen molar-refractivity contribution in [2.45, 2.75) is 26.2 Å². The molecule has 0 bridgehead atoms. The minimum Gasteiger partial charge on any atom is -0.465 e. The summed E-state index contributed by atoms with van der Waals surface area (Å²) in [4.78, 5) is 24.5. The number of thioether (sulfide) groups is 1. The Labute approximate surface area is 174 Å². The maximum absolute atomic E-state index is 12.7. The third-order valence-corrected chi connectivity index (χ3v) is 5.08. The van der Waals surface area contributed by atoms with Crippen LogP contribution in [0.25, 0.3) is 0 Å². The second-order valence-electron chi connectivity index (χ2n) is 6.00. The highest BCUT2D eigenvalue weighted by Crippen LogP contribution is 2.40. The predicted molar refractivity (Wildman–Crippen MR) is 108 cm³/mol. The Morgan fingerprint density at radius 3 is 2.55 bits per heavy atom. The molecule has 0 aliphatic carbocycles. The number of dihydropyridines is 1. The largest absolute Gasteiger partial charge is 0.465 e. The van der Waals surface area contributed by atoms with Crippen LogP contribution in [0, 0.1) is 22.7 Å². The smallest absolute Gasteiger partial charge is 0.336 e. The molecule has 0 spiro atoms. The molecule has 1 aliphatic heterocycles. The number of carbonyl (C=O) groups excluding carboxylic acids is 2. The van der Waals surface area contributed by atoms with Crippen LogP contribution in [0.4, 0.5) is 0 Å². The molecule has 29 heavy (non-hydrogen) atoms. The van der Waals surface area contributed by atoms with E-state index in [-0.39, 0.29) is 31.4 Å². The second kappa shape index (κ2) is 10.9. The number of nitriles is 2. The summed E-state index contributed by atoms with van der Waals surface area (Å²) in [5.41, 5.74) is 1.92. The number of allylic oxidation sites excluding steroid dienone is 2. The van der Waals surface area contributed by atoms with Crippen LogP contribution in [0.2, 0.25) is 0 Å². The Kier molecular flexibility index (Phi) is 8.32. The van der Waals surface area contributed by atoms with Gasteiger partial charge in [-0.3, -0.25) is 4.79 Å². The first-order chi connectivity index (χ1) is 14.0. The second-order valence-corrected chi connectivity index (χ2v) is 6.99. The number of hydrogen-bond donors (Lipinski definition) is 1. The Morgan fingerprint density at radius 2 is 1.93 bits per heavy atom. The summed E-state index contributed by atoms with van der Waals surface area (Å²) in [5.74, 6) is -1.57. The van der Waals surface area contributed by atoms with Crippen molar-refractivity contribution in [1.82, 2.24) is 5.32 Å². The molecule has 0 unspecified atom stereocenters. The van der Waals surface area contributed by atoms with Gasteiger partial charge < -0.3 is 14.8 Å². The maximum Gasteiger partial charge on any atom is 0.336 e. The number of ether oxygens (including phenoxy) is 2. The minimum atomic E-state index is -0.637. The Balaban J connectivity index is 2.42. The average molecular weight is 411 g/mol. The number of rotatable bonds is 8. The van der Waals surface area contributed by atoms with Crippen LogP contribution in [-0.4, -0.2) is 30.9 Å². The van der Waals surface area contributed by atoms with Crippen molar-refractivity contribution < 1.29 is 19.1 Å². The van der Waals surface area contributed by atoms with Gasteiger partial charge in [0.2, 0.25) is 0 Å². The number of nitrogens with one attached hydrogen (secondary N) is 1. The van der Waals surface area contributed by atoms with E-state index in [1.807, 2.05) is 36.4 Å². The molecule has 1 aromatic rings. The molecule has 2 rings (SSSR count). The fourth-order valence-corrected chi connectivity index (χ4v) is 3.77. The maximum atomic E-state index is 12.7. The highest BCUT2D eigenvalue weighted by molar-refractivity contribution is 8.03. The van der Waals surface area contributed by atoms with Gasteiger partial charge in [-0.2, -0.15) is 10.5 Å². The third-order valence-electron chi connectivity index (χ3n) is 4.09. The molecule has 1 aliphatic rings. The first-order valence-electron chi connectivity index (χ1n) is 9.02. The molecule has 0 radical (unpaired) electrons. The molecule has 0 saturated carbocycles. The monoisotopic (exact) mass is 411 g/mol. The quantitative estimate of drug-likeness (QED) is 0.513. The van der Waals surface area contributed by atoms with E-state index in [9.17, 15) is 14.9 Å². The van der Waals surface area contributed by atoms with Gasteiger partial charge in [-0.1, -0.05) is 42.1 Å². The van der Waals surface area contributed by atoms with Gasteiger partial charge in [-0.25, -0.2) is 4.79 Å². The van der Waals surface area contributed by atoms with Gasteiger partial charge in [-0.15, -0.1) is 0 Å². The van der Waals surface area contributed by atoms with Crippen molar-refractivity contribution in [2.75, 3.05) is 19.0 Å². The van der Waals surface area contributed by atoms with E-state index in [0.717, 1.165) is 17.3 Å². The van der Waals surface area contributed by atoms with Crippen molar-refractivity contribution in [2.24, 2.45) is 0 Å². The van der Waals surface area contributed by atoms with Crippen molar-refractivity contribution in [1.29, 1.82) is 10.5 Å². The van der Waals surface area contributed by atoms with E-state index in [1.54, 1.807) is 13.8 Å². The number of nitrogens with zero attached hydrogens (tertiary/aromatic N) is 2. The topological polar surface area (TPSA) is 112 Å². The van der Waals surface area contributed by atoms with Gasteiger partial charge in [0.25, 0.3) is 0 Å². The molecule has 8 heteroatoms. The summed E-state index contributed by atoms with van der Waals surface area (Å²) in [6.07, 6.45) is 0.0864. The van der Waals surface area contributed by atoms with Crippen molar-refractivity contribution in [3.8, 4) is 12.1 Å². The van der Waals surface area contributed by atoms with E-state index >= 15 is 0 Å². The summed E-state index contributed by atoms with van der Waals surface area (Å²) < 4.78 is 10.2. The van der Waals surface area contributed by atoms with Crippen LogP contribution >= 0.6 is 11.8 Å². The van der Waals surface area contributed by atoms with Crippen LogP contribution in [-0.2, 0) is 19.1 Å². The zero-order chi connectivity index (χ0) is 21.2. The lowest BCUT2D eigenvalue weighted by Crippen LogP contribution is -2.29. The molecule has 1 atom stereocenters. The number of hydrogen-bond acceptors (Lipinski definition) is 8. The van der Waals surface area contributed by atoms with Crippen molar-refractivity contribution in [3.63, 3.8) is 0 Å². The zero-order valence-electron chi connectivity index (χ0n) is 16.2. The Bertz CT molecular complexity index is 910. The van der Waals surface area contributed by atoms with Gasteiger partial charge in [0.05, 0.1) is 53.0 Å². The van der Waals surface area contributed by atoms with Gasteiger partial charge in [0.15, 0.2) is 0 Å². The number of carbonyl (C=O) groups is 2. The predicted octanol–water partition coefficient (Wildman–Crippen LogP) is 3.14. The summed E-state index contributed by atoms with van der Waals surface area (Å²) in [6, 6.07) is 13.3. The Morgan fingerprint density at radius 1 is 1.21 bits per heavy atom.